The number of nitro groups is 1. The van der Waals surface area contributed by atoms with E-state index in [2.05, 4.69) is 5.48 Å². The number of nitrogens with zero attached hydrogens (tertiary/aromatic N) is 2. The molecule has 2 heterocycles. The van der Waals surface area contributed by atoms with E-state index >= 15 is 0 Å². The van der Waals surface area contributed by atoms with Crippen LogP contribution in [0.15, 0.2) is 70.8 Å². The van der Waals surface area contributed by atoms with Gasteiger partial charge in [-0.3, -0.25) is 24.9 Å². The van der Waals surface area contributed by atoms with Gasteiger partial charge in [-0.15, -0.1) is 0 Å². The van der Waals surface area contributed by atoms with Crippen molar-refractivity contribution in [1.29, 1.82) is 0 Å². The van der Waals surface area contributed by atoms with Crippen LogP contribution >= 0.6 is 0 Å². The molecule has 0 saturated heterocycles. The second-order valence-electron chi connectivity index (χ2n) is 4.75. The van der Waals surface area contributed by atoms with E-state index in [1.807, 2.05) is 0 Å². The van der Waals surface area contributed by atoms with Gasteiger partial charge in [-0.25, -0.2) is 5.48 Å². The van der Waals surface area contributed by atoms with Crippen LogP contribution in [0.25, 0.3) is 0 Å². The molecule has 3 aliphatic rings. The summed E-state index contributed by atoms with van der Waals surface area (Å²) >= 11 is 0. The molecule has 0 fully saturated rings. The predicted molar refractivity (Wildman–Crippen MR) is 74.5 cm³/mol. The molecule has 9 nitrogen and oxygen atoms in total. The van der Waals surface area contributed by atoms with Gasteiger partial charge >= 0.3 is 11.5 Å². The average Bonchev–Trinajstić information content (AvgIpc) is 3.02. The van der Waals surface area contributed by atoms with Gasteiger partial charge in [0.15, 0.2) is 5.76 Å². The van der Waals surface area contributed by atoms with Gasteiger partial charge in [0.05, 0.1) is 10.6 Å². The number of hydroxylamine groups is 3. The molecule has 0 radical (unpaired) electrons. The van der Waals surface area contributed by atoms with Gasteiger partial charge in [0, 0.05) is 17.7 Å². The van der Waals surface area contributed by atoms with Gasteiger partial charge < -0.3 is 4.84 Å². The number of Topliss-reactive ketones (excluding diaryl/α,β-unsaturated/α-hetero) is 1. The normalized spacial score (nSPS) is 23.2. The van der Waals surface area contributed by atoms with Gasteiger partial charge in [0.2, 0.25) is 11.7 Å². The standard InChI is InChI=1S/C14H8FN3O6/c15-13-3-1-2-9(17(13)21)12-6-8(16-24-12)7-4-10(18(22)23)14(20)11(19)5-7/h1-6,16,21H. The number of halogens is 1. The van der Waals surface area contributed by atoms with Gasteiger partial charge in [0.1, 0.15) is 5.70 Å². The average molecular weight is 333 g/mol. The Morgan fingerprint density at radius 2 is 2.04 bits per heavy atom. The number of carbonyl (C=O) groups excluding carboxylic acids is 2. The summed E-state index contributed by atoms with van der Waals surface area (Å²) in [6, 6.07) is 0. The predicted octanol–water partition coefficient (Wildman–Crippen LogP) is 0.927. The summed E-state index contributed by atoms with van der Waals surface area (Å²) < 4.78 is 13.3. The molecule has 24 heavy (non-hydrogen) atoms. The zero-order valence-electron chi connectivity index (χ0n) is 11.7. The molecule has 0 bridgehead atoms. The van der Waals surface area contributed by atoms with Gasteiger partial charge in [-0.1, -0.05) is 6.08 Å². The Morgan fingerprint density at radius 3 is 2.75 bits per heavy atom. The molecule has 1 aliphatic carbocycles. The lowest BCUT2D eigenvalue weighted by Gasteiger charge is -2.18. The van der Waals surface area contributed by atoms with Crippen LogP contribution in [0.2, 0.25) is 0 Å². The molecule has 0 amide bonds. The first-order valence-electron chi connectivity index (χ1n) is 6.47. The fourth-order valence-corrected chi connectivity index (χ4v) is 2.11. The molecule has 122 valence electrons. The van der Waals surface area contributed by atoms with Crippen molar-refractivity contribution in [3.63, 3.8) is 0 Å². The lowest BCUT2D eigenvalue weighted by molar-refractivity contribution is -0.418. The van der Waals surface area contributed by atoms with E-state index in [0.29, 0.717) is 0 Å². The van der Waals surface area contributed by atoms with Crippen LogP contribution < -0.4 is 5.48 Å². The van der Waals surface area contributed by atoms with Gasteiger partial charge in [0.25, 0.3) is 0 Å². The summed E-state index contributed by atoms with van der Waals surface area (Å²) in [5.74, 6) is -3.18. The first-order valence-corrected chi connectivity index (χ1v) is 6.47. The van der Waals surface area contributed by atoms with E-state index in [0.717, 1.165) is 18.2 Å². The highest BCUT2D eigenvalue weighted by Gasteiger charge is 2.33. The Hall–Kier alpha value is -3.53. The van der Waals surface area contributed by atoms with Gasteiger partial charge in [-0.05, 0) is 18.2 Å². The third-order valence-corrected chi connectivity index (χ3v) is 3.26. The Balaban J connectivity index is 1.98. The minimum atomic E-state index is -1.22. The molecule has 2 N–H and O–H groups in total. The number of hydrogen-bond donors (Lipinski definition) is 2. The molecule has 0 aromatic heterocycles. The maximum absolute atomic E-state index is 13.3. The van der Waals surface area contributed by atoms with E-state index in [4.69, 9.17) is 4.84 Å². The molecule has 0 spiro atoms. The quantitative estimate of drug-likeness (QED) is 0.252. The van der Waals surface area contributed by atoms with Crippen LogP contribution in [-0.4, -0.2) is 26.8 Å². The van der Waals surface area contributed by atoms with Gasteiger partial charge in [-0.2, -0.15) is 9.45 Å². The van der Waals surface area contributed by atoms with E-state index in [1.165, 1.54) is 18.2 Å². The minimum Gasteiger partial charge on any atom is -0.380 e. The van der Waals surface area contributed by atoms with Crippen LogP contribution in [-0.2, 0) is 14.4 Å². The van der Waals surface area contributed by atoms with Crippen molar-refractivity contribution in [2.45, 2.75) is 0 Å². The Bertz CT molecular complexity index is 862. The zero-order chi connectivity index (χ0) is 17.4. The van der Waals surface area contributed by atoms with Crippen LogP contribution in [0.4, 0.5) is 4.39 Å². The smallest absolute Gasteiger partial charge is 0.321 e. The number of carbonyl (C=O) groups is 2. The third kappa shape index (κ3) is 2.50. The number of ketones is 2. The van der Waals surface area contributed by atoms with E-state index < -0.39 is 28.1 Å². The molecule has 0 unspecified atom stereocenters. The van der Waals surface area contributed by atoms with Crippen LogP contribution in [0, 0.1) is 10.1 Å². The fourth-order valence-electron chi connectivity index (χ4n) is 2.11. The lowest BCUT2D eigenvalue weighted by atomic mass is 9.99. The maximum atomic E-state index is 13.3. The van der Waals surface area contributed by atoms with E-state index in [1.54, 1.807) is 0 Å². The largest absolute Gasteiger partial charge is 0.380 e. The van der Waals surface area contributed by atoms with E-state index in [9.17, 15) is 29.3 Å². The van der Waals surface area contributed by atoms with Crippen LogP contribution in [0.5, 0.6) is 0 Å². The first-order chi connectivity index (χ1) is 11.4. The minimum absolute atomic E-state index is 0.00769. The van der Waals surface area contributed by atoms with Crippen molar-refractivity contribution in [2.75, 3.05) is 0 Å². The van der Waals surface area contributed by atoms with E-state index in [-0.39, 0.29) is 27.8 Å². The molecule has 10 heteroatoms. The summed E-state index contributed by atoms with van der Waals surface area (Å²) in [7, 11) is 0. The highest BCUT2D eigenvalue weighted by molar-refractivity contribution is 6.47. The number of nitrogens with one attached hydrogen (secondary N) is 1. The monoisotopic (exact) mass is 333 g/mol. The Kier molecular flexibility index (Phi) is 3.58. The molecule has 0 saturated carbocycles. The molecule has 0 aromatic carbocycles. The van der Waals surface area contributed by atoms with Crippen molar-refractivity contribution < 1.29 is 28.9 Å². The first kappa shape index (κ1) is 15.4. The fraction of sp³-hybridized carbons (Fsp3) is 0. The molecular formula is C14H8FN3O6. The van der Waals surface area contributed by atoms with Crippen LogP contribution in [0.1, 0.15) is 0 Å². The van der Waals surface area contributed by atoms with Crippen molar-refractivity contribution in [1.82, 2.24) is 10.5 Å². The third-order valence-electron chi connectivity index (χ3n) is 3.26. The summed E-state index contributed by atoms with van der Waals surface area (Å²) in [4.78, 5) is 37.9. The van der Waals surface area contributed by atoms with Crippen molar-refractivity contribution in [3.8, 4) is 0 Å². The molecule has 3 rings (SSSR count). The molecule has 0 atom stereocenters. The topological polar surface area (TPSA) is 122 Å². The van der Waals surface area contributed by atoms with Crippen LogP contribution in [0.3, 0.4) is 0 Å². The summed E-state index contributed by atoms with van der Waals surface area (Å²) in [5, 5.41) is 20.7. The van der Waals surface area contributed by atoms with Crippen molar-refractivity contribution >= 4 is 11.6 Å². The highest BCUT2D eigenvalue weighted by atomic mass is 19.1. The SMILES string of the molecule is O=C1C=C(C2=CC(=C3C=CC=C(F)N3O)ON2)C=C([N+](=O)[O-])C1=O. The highest BCUT2D eigenvalue weighted by Crippen LogP contribution is 2.28. The summed E-state index contributed by atoms with van der Waals surface area (Å²) in [6.45, 7) is 0. The summed E-state index contributed by atoms with van der Waals surface area (Å²) in [5.41, 5.74) is 1.68. The second kappa shape index (κ2) is 5.59. The Labute approximate surface area is 133 Å². The molecule has 2 aliphatic heterocycles. The number of rotatable bonds is 2. The number of hydrogen-bond acceptors (Lipinski definition) is 8. The second-order valence-corrected chi connectivity index (χ2v) is 4.75. The van der Waals surface area contributed by atoms with Crippen molar-refractivity contribution in [3.05, 3.63) is 80.9 Å². The Morgan fingerprint density at radius 1 is 1.29 bits per heavy atom. The maximum Gasteiger partial charge on any atom is 0.321 e. The molecule has 0 aromatic rings. The summed E-state index contributed by atoms with van der Waals surface area (Å²) in [6.07, 6.45) is 6.86. The number of allylic oxidation sites excluding steroid dienone is 7. The molecular weight excluding hydrogens is 325 g/mol. The van der Waals surface area contributed by atoms with Crippen molar-refractivity contribution in [2.24, 2.45) is 0 Å². The lowest BCUT2D eigenvalue weighted by Crippen LogP contribution is -2.24. The zero-order valence-corrected chi connectivity index (χ0v) is 11.7.